The summed E-state index contributed by atoms with van der Waals surface area (Å²) in [7, 11) is 1.64. The molecule has 1 saturated heterocycles. The molecule has 0 radical (unpaired) electrons. The number of amides is 1. The smallest absolute Gasteiger partial charge is 0.251 e. The van der Waals surface area contributed by atoms with Crippen molar-refractivity contribution in [1.29, 1.82) is 0 Å². The molecule has 3 rings (SSSR count). The van der Waals surface area contributed by atoms with Crippen molar-refractivity contribution in [2.45, 2.75) is 32.4 Å². The highest BCUT2D eigenvalue weighted by atomic mass is 35.5. The summed E-state index contributed by atoms with van der Waals surface area (Å²) in [6.45, 7) is 5.10. The molecule has 2 aromatic rings. The first kappa shape index (κ1) is 18.7. The first-order valence-corrected chi connectivity index (χ1v) is 9.20. The van der Waals surface area contributed by atoms with E-state index in [0.717, 1.165) is 18.8 Å². The van der Waals surface area contributed by atoms with Gasteiger partial charge in [0.15, 0.2) is 5.82 Å². The van der Waals surface area contributed by atoms with Crippen LogP contribution in [0.5, 0.6) is 0 Å². The van der Waals surface area contributed by atoms with Crippen LogP contribution < -0.4 is 10.2 Å². The molecule has 1 aliphatic rings. The highest BCUT2D eigenvalue weighted by Crippen LogP contribution is 2.29. The summed E-state index contributed by atoms with van der Waals surface area (Å²) in [6.07, 6.45) is 4.00. The number of rotatable bonds is 7. The zero-order valence-corrected chi connectivity index (χ0v) is 15.9. The van der Waals surface area contributed by atoms with E-state index in [-0.39, 0.29) is 11.9 Å². The topological polar surface area (TPSA) is 72.3 Å². The first-order valence-electron chi connectivity index (χ1n) is 8.82. The van der Waals surface area contributed by atoms with Crippen molar-refractivity contribution in [3.05, 3.63) is 40.9 Å². The number of ether oxygens (including phenoxy) is 1. The van der Waals surface area contributed by atoms with Crippen LogP contribution in [-0.4, -0.2) is 47.5 Å². The first-order chi connectivity index (χ1) is 12.6. The van der Waals surface area contributed by atoms with E-state index in [1.165, 1.54) is 12.8 Å². The molecule has 1 atom stereocenters. The second-order valence-corrected chi connectivity index (χ2v) is 6.84. The number of halogens is 1. The fraction of sp³-hybridized carbons (Fsp3) is 0.500. The molecule has 0 spiro atoms. The van der Waals surface area contributed by atoms with Gasteiger partial charge in [0.1, 0.15) is 6.33 Å². The van der Waals surface area contributed by atoms with Gasteiger partial charge in [-0.2, -0.15) is 0 Å². The molecular formula is C18H24ClN5O2. The van der Waals surface area contributed by atoms with Crippen molar-refractivity contribution in [1.82, 2.24) is 20.1 Å². The molecule has 1 aromatic heterocycles. The Morgan fingerprint density at radius 3 is 2.85 bits per heavy atom. The van der Waals surface area contributed by atoms with Crippen LogP contribution in [0.3, 0.4) is 0 Å². The van der Waals surface area contributed by atoms with Gasteiger partial charge in [-0.3, -0.25) is 4.79 Å². The van der Waals surface area contributed by atoms with Gasteiger partial charge >= 0.3 is 0 Å². The lowest BCUT2D eigenvalue weighted by molar-refractivity contribution is 0.0937. The van der Waals surface area contributed by atoms with E-state index in [1.807, 2.05) is 23.6 Å². The predicted octanol–water partition coefficient (Wildman–Crippen LogP) is 2.67. The summed E-state index contributed by atoms with van der Waals surface area (Å²) in [5, 5.41) is 11.6. The number of carbonyl (C=O) groups excluding carboxylic acids is 1. The maximum absolute atomic E-state index is 12.6. The molecule has 1 aromatic carbocycles. The quantitative estimate of drug-likeness (QED) is 0.803. The number of carbonyl (C=O) groups is 1. The van der Waals surface area contributed by atoms with Gasteiger partial charge in [-0.1, -0.05) is 11.6 Å². The third-order valence-electron chi connectivity index (χ3n) is 4.57. The standard InChI is InChI=1S/C18H24ClN5O2/c1-13(17-22-20-12-24(17)9-10-26-2)21-18(25)14-5-6-16(15(19)11-14)23-7-3-4-8-23/h5-6,11-13H,3-4,7-10H2,1-2H3,(H,21,25). The Morgan fingerprint density at radius 1 is 1.38 bits per heavy atom. The fourth-order valence-corrected chi connectivity index (χ4v) is 3.47. The fourth-order valence-electron chi connectivity index (χ4n) is 3.17. The van der Waals surface area contributed by atoms with Crippen molar-refractivity contribution in [2.75, 3.05) is 31.7 Å². The van der Waals surface area contributed by atoms with E-state index < -0.39 is 0 Å². The number of hydrogen-bond donors (Lipinski definition) is 1. The Labute approximate surface area is 158 Å². The summed E-state index contributed by atoms with van der Waals surface area (Å²) >= 11 is 6.41. The van der Waals surface area contributed by atoms with Crippen molar-refractivity contribution < 1.29 is 9.53 Å². The number of nitrogens with one attached hydrogen (secondary N) is 1. The Bertz CT molecular complexity index is 758. The summed E-state index contributed by atoms with van der Waals surface area (Å²) in [6, 6.07) is 5.19. The normalized spacial score (nSPS) is 15.3. The molecule has 0 saturated carbocycles. The zero-order chi connectivity index (χ0) is 18.5. The molecule has 0 bridgehead atoms. The van der Waals surface area contributed by atoms with Gasteiger partial charge < -0.3 is 19.5 Å². The number of aromatic nitrogens is 3. The minimum atomic E-state index is -0.279. The maximum Gasteiger partial charge on any atom is 0.251 e. The summed E-state index contributed by atoms with van der Waals surface area (Å²) < 4.78 is 6.96. The molecular weight excluding hydrogens is 354 g/mol. The van der Waals surface area contributed by atoms with Crippen LogP contribution in [0.15, 0.2) is 24.5 Å². The van der Waals surface area contributed by atoms with Crippen molar-refractivity contribution in [2.24, 2.45) is 0 Å². The molecule has 1 aliphatic heterocycles. The molecule has 26 heavy (non-hydrogen) atoms. The van der Waals surface area contributed by atoms with Crippen molar-refractivity contribution in [3.63, 3.8) is 0 Å². The lowest BCUT2D eigenvalue weighted by Crippen LogP contribution is -2.29. The highest BCUT2D eigenvalue weighted by molar-refractivity contribution is 6.33. The lowest BCUT2D eigenvalue weighted by atomic mass is 10.1. The Kier molecular flexibility index (Phi) is 6.11. The molecule has 8 heteroatoms. The van der Waals surface area contributed by atoms with Crippen LogP contribution in [0.2, 0.25) is 5.02 Å². The molecule has 7 nitrogen and oxygen atoms in total. The molecule has 0 aliphatic carbocycles. The van der Waals surface area contributed by atoms with Crippen LogP contribution in [0.4, 0.5) is 5.69 Å². The zero-order valence-electron chi connectivity index (χ0n) is 15.1. The minimum absolute atomic E-state index is 0.186. The van der Waals surface area contributed by atoms with Gasteiger partial charge in [0, 0.05) is 32.3 Å². The highest BCUT2D eigenvalue weighted by Gasteiger charge is 2.19. The van der Waals surface area contributed by atoms with Crippen LogP contribution in [0.1, 0.15) is 42.0 Å². The van der Waals surface area contributed by atoms with Crippen LogP contribution in [0, 0.1) is 0 Å². The Hall–Kier alpha value is -2.12. The van der Waals surface area contributed by atoms with E-state index in [2.05, 4.69) is 20.4 Å². The van der Waals surface area contributed by atoms with Gasteiger partial charge in [-0.05, 0) is 38.0 Å². The monoisotopic (exact) mass is 377 g/mol. The van der Waals surface area contributed by atoms with E-state index in [0.29, 0.717) is 29.6 Å². The van der Waals surface area contributed by atoms with Gasteiger partial charge in [-0.15, -0.1) is 10.2 Å². The maximum atomic E-state index is 12.6. The van der Waals surface area contributed by atoms with Crippen molar-refractivity contribution >= 4 is 23.2 Å². The molecule has 1 amide bonds. The number of benzene rings is 1. The average Bonchev–Trinajstić information content (AvgIpc) is 3.31. The minimum Gasteiger partial charge on any atom is -0.383 e. The van der Waals surface area contributed by atoms with Crippen LogP contribution >= 0.6 is 11.6 Å². The molecule has 1 unspecified atom stereocenters. The summed E-state index contributed by atoms with van der Waals surface area (Å²) in [5.74, 6) is 0.504. The van der Waals surface area contributed by atoms with Gasteiger partial charge in [0.2, 0.25) is 0 Å². The average molecular weight is 378 g/mol. The summed E-state index contributed by atoms with van der Waals surface area (Å²) in [5.41, 5.74) is 1.53. The SMILES string of the molecule is COCCn1cnnc1C(C)NC(=O)c1ccc(N2CCCC2)c(Cl)c1. The second kappa shape index (κ2) is 8.51. The predicted molar refractivity (Wildman–Crippen MR) is 101 cm³/mol. The van der Waals surface area contributed by atoms with E-state index in [4.69, 9.17) is 16.3 Å². The van der Waals surface area contributed by atoms with Crippen LogP contribution in [0.25, 0.3) is 0 Å². The lowest BCUT2D eigenvalue weighted by Gasteiger charge is -2.20. The molecule has 1 fully saturated rings. The summed E-state index contributed by atoms with van der Waals surface area (Å²) in [4.78, 5) is 14.8. The van der Waals surface area contributed by atoms with Crippen molar-refractivity contribution in [3.8, 4) is 0 Å². The molecule has 1 N–H and O–H groups in total. The molecule has 2 heterocycles. The van der Waals surface area contributed by atoms with Gasteiger partial charge in [0.05, 0.1) is 23.4 Å². The van der Waals surface area contributed by atoms with E-state index in [1.54, 1.807) is 19.5 Å². The Morgan fingerprint density at radius 2 is 2.15 bits per heavy atom. The largest absolute Gasteiger partial charge is 0.383 e. The van der Waals surface area contributed by atoms with Gasteiger partial charge in [-0.25, -0.2) is 0 Å². The Balaban J connectivity index is 1.68. The number of hydrogen-bond acceptors (Lipinski definition) is 5. The van der Waals surface area contributed by atoms with Gasteiger partial charge in [0.25, 0.3) is 5.91 Å². The number of nitrogens with zero attached hydrogens (tertiary/aromatic N) is 4. The van der Waals surface area contributed by atoms with Crippen LogP contribution in [-0.2, 0) is 11.3 Å². The second-order valence-electron chi connectivity index (χ2n) is 6.43. The third-order valence-corrected chi connectivity index (χ3v) is 4.88. The number of anilines is 1. The molecule has 140 valence electrons. The third kappa shape index (κ3) is 4.16. The van der Waals surface area contributed by atoms with E-state index in [9.17, 15) is 4.79 Å². The van der Waals surface area contributed by atoms with E-state index >= 15 is 0 Å². The number of methoxy groups -OCH3 is 1.